The fourth-order valence-corrected chi connectivity index (χ4v) is 3.35. The van der Waals surface area contributed by atoms with Gasteiger partial charge in [-0.05, 0) is 12.0 Å². The number of benzene rings is 1. The summed E-state index contributed by atoms with van der Waals surface area (Å²) in [5, 5.41) is 0. The highest BCUT2D eigenvalue weighted by Crippen LogP contribution is 2.30. The summed E-state index contributed by atoms with van der Waals surface area (Å²) >= 11 is 4.95. The molecule has 0 heterocycles. The minimum Gasteiger partial charge on any atom is -0.0863 e. The van der Waals surface area contributed by atoms with E-state index in [0.717, 1.165) is 0 Å². The van der Waals surface area contributed by atoms with Gasteiger partial charge in [0.2, 0.25) is 0 Å². The molecule has 0 saturated heterocycles. The molecule has 72 valence electrons. The average molecular weight is 400 g/mol. The highest BCUT2D eigenvalue weighted by Gasteiger charge is 2.23. The summed E-state index contributed by atoms with van der Waals surface area (Å²) in [4.78, 5) is 0. The molecular formula is C11H14I2. The van der Waals surface area contributed by atoms with Crippen LogP contribution < -0.4 is 0 Å². The molecule has 2 heteroatoms. The van der Waals surface area contributed by atoms with Gasteiger partial charge in [-0.2, -0.15) is 0 Å². The van der Waals surface area contributed by atoms with E-state index in [1.165, 1.54) is 20.8 Å². The van der Waals surface area contributed by atoms with Crippen molar-refractivity contribution in [3.8, 4) is 0 Å². The molecular weight excluding hydrogens is 386 g/mol. The van der Waals surface area contributed by atoms with Crippen LogP contribution in [0.3, 0.4) is 0 Å². The Morgan fingerprint density at radius 2 is 1.77 bits per heavy atom. The lowest BCUT2D eigenvalue weighted by Crippen LogP contribution is -2.24. The van der Waals surface area contributed by atoms with Gasteiger partial charge in [0.05, 0.1) is 0 Å². The second kappa shape index (κ2) is 5.53. The minimum absolute atomic E-state index is 0.364. The fraction of sp³-hybridized carbons (Fsp3) is 0.455. The fourth-order valence-electron chi connectivity index (χ4n) is 1.34. The third kappa shape index (κ3) is 3.08. The zero-order valence-electron chi connectivity index (χ0n) is 7.76. The number of hydrogen-bond donors (Lipinski definition) is 0. The predicted molar refractivity (Wildman–Crippen MR) is 76.2 cm³/mol. The zero-order chi connectivity index (χ0) is 9.73. The Morgan fingerprint density at radius 1 is 1.15 bits per heavy atom. The van der Waals surface area contributed by atoms with E-state index in [-0.39, 0.29) is 0 Å². The molecule has 0 spiro atoms. The van der Waals surface area contributed by atoms with Gasteiger partial charge in [0.15, 0.2) is 0 Å². The Bertz CT molecular complexity index is 246. The van der Waals surface area contributed by atoms with Crippen LogP contribution in [0.25, 0.3) is 0 Å². The number of halogens is 2. The van der Waals surface area contributed by atoms with Gasteiger partial charge in [0.25, 0.3) is 0 Å². The molecule has 1 atom stereocenters. The summed E-state index contributed by atoms with van der Waals surface area (Å²) in [5.41, 5.74) is 1.84. The first-order valence-corrected chi connectivity index (χ1v) is 7.45. The van der Waals surface area contributed by atoms with E-state index in [2.05, 4.69) is 82.4 Å². The molecule has 0 amide bonds. The summed E-state index contributed by atoms with van der Waals surface area (Å²) in [5.74, 6) is 0. The molecule has 1 unspecified atom stereocenters. The first-order valence-electron chi connectivity index (χ1n) is 4.40. The summed E-state index contributed by atoms with van der Waals surface area (Å²) in [6, 6.07) is 10.8. The second-order valence-corrected chi connectivity index (χ2v) is 5.34. The van der Waals surface area contributed by atoms with E-state index in [1.807, 2.05) is 0 Å². The van der Waals surface area contributed by atoms with Gasteiger partial charge in [-0.25, -0.2) is 0 Å². The van der Waals surface area contributed by atoms with Gasteiger partial charge in [-0.3, -0.25) is 0 Å². The van der Waals surface area contributed by atoms with Gasteiger partial charge in [0.1, 0.15) is 0 Å². The lowest BCUT2D eigenvalue weighted by Gasteiger charge is -2.27. The molecule has 0 bridgehead atoms. The van der Waals surface area contributed by atoms with Crippen LogP contribution >= 0.6 is 45.2 Å². The maximum absolute atomic E-state index is 2.49. The maximum atomic E-state index is 2.49. The molecule has 1 aromatic rings. The molecule has 0 aromatic heterocycles. The van der Waals surface area contributed by atoms with Gasteiger partial charge in [-0.15, -0.1) is 0 Å². The van der Waals surface area contributed by atoms with Crippen molar-refractivity contribution in [3.05, 3.63) is 35.9 Å². The van der Waals surface area contributed by atoms with E-state index < -0.39 is 0 Å². The van der Waals surface area contributed by atoms with E-state index in [0.29, 0.717) is 5.41 Å². The number of hydrogen-bond acceptors (Lipinski definition) is 0. The summed E-state index contributed by atoms with van der Waals surface area (Å²) in [6.45, 7) is 2.35. The van der Waals surface area contributed by atoms with Crippen LogP contribution in [0.2, 0.25) is 0 Å². The van der Waals surface area contributed by atoms with Crippen LogP contribution in [0.4, 0.5) is 0 Å². The molecule has 1 aromatic carbocycles. The smallest absolute Gasteiger partial charge is 0.00902 e. The molecule has 13 heavy (non-hydrogen) atoms. The van der Waals surface area contributed by atoms with Crippen molar-refractivity contribution in [1.29, 1.82) is 0 Å². The third-order valence-electron chi connectivity index (χ3n) is 2.41. The second-order valence-electron chi connectivity index (χ2n) is 3.50. The Balaban J connectivity index is 2.89. The molecule has 0 aliphatic carbocycles. The monoisotopic (exact) mass is 400 g/mol. The van der Waals surface area contributed by atoms with Crippen molar-refractivity contribution >= 4 is 45.2 Å². The van der Waals surface area contributed by atoms with Crippen LogP contribution in [0, 0.1) is 0 Å². The van der Waals surface area contributed by atoms with Gasteiger partial charge in [0, 0.05) is 14.3 Å². The molecule has 1 rings (SSSR count). The lowest BCUT2D eigenvalue weighted by molar-refractivity contribution is 0.533. The van der Waals surface area contributed by atoms with Crippen molar-refractivity contribution in [2.45, 2.75) is 18.8 Å². The van der Waals surface area contributed by atoms with Crippen molar-refractivity contribution in [2.75, 3.05) is 8.86 Å². The van der Waals surface area contributed by atoms with Crippen LogP contribution in [0.5, 0.6) is 0 Å². The highest BCUT2D eigenvalue weighted by molar-refractivity contribution is 14.1. The maximum Gasteiger partial charge on any atom is 0.00902 e. The predicted octanol–water partition coefficient (Wildman–Crippen LogP) is 4.20. The van der Waals surface area contributed by atoms with Crippen molar-refractivity contribution in [3.63, 3.8) is 0 Å². The van der Waals surface area contributed by atoms with E-state index in [1.54, 1.807) is 0 Å². The molecule has 0 radical (unpaired) electrons. The molecule has 0 saturated carbocycles. The van der Waals surface area contributed by atoms with E-state index in [9.17, 15) is 0 Å². The van der Waals surface area contributed by atoms with E-state index >= 15 is 0 Å². The SMILES string of the molecule is CC(CI)(CCI)c1ccccc1. The standard InChI is InChI=1S/C11H14I2/c1-11(9-13,7-8-12)10-5-3-2-4-6-10/h2-6H,7-9H2,1H3. The Morgan fingerprint density at radius 3 is 2.23 bits per heavy atom. The largest absolute Gasteiger partial charge is 0.0863 e. The van der Waals surface area contributed by atoms with Crippen molar-refractivity contribution < 1.29 is 0 Å². The Labute approximate surface area is 108 Å². The number of rotatable bonds is 4. The summed E-state index contributed by atoms with van der Waals surface area (Å²) in [7, 11) is 0. The number of alkyl halides is 2. The molecule has 0 N–H and O–H groups in total. The van der Waals surface area contributed by atoms with Crippen LogP contribution in [-0.2, 0) is 5.41 Å². The van der Waals surface area contributed by atoms with Crippen LogP contribution in [0.15, 0.2) is 30.3 Å². The van der Waals surface area contributed by atoms with Crippen LogP contribution in [-0.4, -0.2) is 8.86 Å². The highest BCUT2D eigenvalue weighted by atomic mass is 127. The Kier molecular flexibility index (Phi) is 5.00. The molecule has 0 nitrogen and oxygen atoms in total. The summed E-state index contributed by atoms with van der Waals surface area (Å²) in [6.07, 6.45) is 1.26. The molecule has 0 fully saturated rings. The van der Waals surface area contributed by atoms with Gasteiger partial charge < -0.3 is 0 Å². The third-order valence-corrected chi connectivity index (χ3v) is 4.63. The van der Waals surface area contributed by atoms with Crippen LogP contribution in [0.1, 0.15) is 18.9 Å². The first-order chi connectivity index (χ1) is 6.23. The summed E-state index contributed by atoms with van der Waals surface area (Å²) < 4.78 is 2.42. The lowest BCUT2D eigenvalue weighted by atomic mass is 9.82. The van der Waals surface area contributed by atoms with Gasteiger partial charge >= 0.3 is 0 Å². The topological polar surface area (TPSA) is 0 Å². The quantitative estimate of drug-likeness (QED) is 0.525. The molecule has 0 aliphatic rings. The van der Waals surface area contributed by atoms with Crippen molar-refractivity contribution in [2.24, 2.45) is 0 Å². The van der Waals surface area contributed by atoms with Gasteiger partial charge in [-0.1, -0.05) is 82.4 Å². The van der Waals surface area contributed by atoms with Crippen molar-refractivity contribution in [1.82, 2.24) is 0 Å². The zero-order valence-corrected chi connectivity index (χ0v) is 12.1. The average Bonchev–Trinajstić information content (AvgIpc) is 2.19. The Hall–Kier alpha value is 0.680. The van der Waals surface area contributed by atoms with E-state index in [4.69, 9.17) is 0 Å². The minimum atomic E-state index is 0.364. The molecule has 0 aliphatic heterocycles. The normalized spacial score (nSPS) is 15.3. The first kappa shape index (κ1) is 11.8.